The molecule has 0 radical (unpaired) electrons. The van der Waals surface area contributed by atoms with Crippen molar-refractivity contribution in [2.24, 2.45) is 0 Å². The van der Waals surface area contributed by atoms with Crippen LogP contribution in [0.15, 0.2) is 12.2 Å². The van der Waals surface area contributed by atoms with E-state index in [0.717, 1.165) is 57.8 Å². The number of hydrogen-bond donors (Lipinski definition) is 0. The minimum atomic E-state index is -0.764. The van der Waals surface area contributed by atoms with Gasteiger partial charge in [-0.25, -0.2) is 0 Å². The number of esters is 3. The van der Waals surface area contributed by atoms with E-state index in [0.29, 0.717) is 19.3 Å². The number of ether oxygens (including phenoxy) is 3. The van der Waals surface area contributed by atoms with Crippen LogP contribution in [0.4, 0.5) is 0 Å². The molecule has 6 nitrogen and oxygen atoms in total. The molecule has 0 saturated heterocycles. The first-order valence-electron chi connectivity index (χ1n) is 31.7. The van der Waals surface area contributed by atoms with Crippen LogP contribution in [0.3, 0.4) is 0 Å². The maximum Gasteiger partial charge on any atom is 0.306 e. The molecule has 414 valence electrons. The van der Waals surface area contributed by atoms with Gasteiger partial charge in [0.25, 0.3) is 0 Å². The molecule has 0 amide bonds. The molecule has 0 fully saturated rings. The van der Waals surface area contributed by atoms with E-state index in [4.69, 9.17) is 14.2 Å². The highest BCUT2D eigenvalue weighted by Crippen LogP contribution is 2.18. The summed E-state index contributed by atoms with van der Waals surface area (Å²) in [5.41, 5.74) is 0. The smallest absolute Gasteiger partial charge is 0.306 e. The minimum Gasteiger partial charge on any atom is -0.462 e. The number of unbranched alkanes of at least 4 members (excludes halogenated alkanes) is 46. The average molecular weight is 988 g/mol. The van der Waals surface area contributed by atoms with Crippen molar-refractivity contribution in [1.29, 1.82) is 0 Å². The van der Waals surface area contributed by atoms with Crippen molar-refractivity contribution in [2.75, 3.05) is 13.2 Å². The third-order valence-corrected chi connectivity index (χ3v) is 14.5. The molecule has 0 N–H and O–H groups in total. The van der Waals surface area contributed by atoms with Crippen molar-refractivity contribution in [3.63, 3.8) is 0 Å². The van der Waals surface area contributed by atoms with Gasteiger partial charge < -0.3 is 14.2 Å². The molecule has 0 saturated carbocycles. The highest BCUT2D eigenvalue weighted by Gasteiger charge is 2.19. The molecule has 6 heteroatoms. The molecule has 0 rings (SSSR count). The van der Waals surface area contributed by atoms with Gasteiger partial charge in [-0.05, 0) is 44.9 Å². The second kappa shape index (κ2) is 59.7. The lowest BCUT2D eigenvalue weighted by Gasteiger charge is -2.18. The third kappa shape index (κ3) is 57.1. The number of allylic oxidation sites excluding steroid dienone is 2. The molecule has 0 aromatic heterocycles. The van der Waals surface area contributed by atoms with Crippen molar-refractivity contribution in [3.8, 4) is 0 Å². The summed E-state index contributed by atoms with van der Waals surface area (Å²) in [6.45, 7) is 6.68. The maximum atomic E-state index is 12.9. The van der Waals surface area contributed by atoms with E-state index in [-0.39, 0.29) is 31.1 Å². The van der Waals surface area contributed by atoms with Crippen LogP contribution in [0.25, 0.3) is 0 Å². The Morgan fingerprint density at radius 1 is 0.271 bits per heavy atom. The van der Waals surface area contributed by atoms with E-state index in [2.05, 4.69) is 32.9 Å². The van der Waals surface area contributed by atoms with Gasteiger partial charge in [0.1, 0.15) is 13.2 Å². The van der Waals surface area contributed by atoms with Crippen LogP contribution in [0, 0.1) is 0 Å². The summed E-state index contributed by atoms with van der Waals surface area (Å²) in [4.78, 5) is 38.1. The molecule has 0 spiro atoms. The Labute approximate surface area is 437 Å². The fourth-order valence-electron chi connectivity index (χ4n) is 9.74. The molecule has 0 heterocycles. The van der Waals surface area contributed by atoms with Gasteiger partial charge in [0.2, 0.25) is 0 Å². The molecule has 0 aliphatic heterocycles. The van der Waals surface area contributed by atoms with Gasteiger partial charge >= 0.3 is 17.9 Å². The summed E-state index contributed by atoms with van der Waals surface area (Å²) in [7, 11) is 0. The van der Waals surface area contributed by atoms with E-state index in [1.54, 1.807) is 0 Å². The third-order valence-electron chi connectivity index (χ3n) is 14.5. The van der Waals surface area contributed by atoms with Crippen molar-refractivity contribution in [1.82, 2.24) is 0 Å². The second-order valence-corrected chi connectivity index (χ2v) is 21.7. The maximum absolute atomic E-state index is 12.9. The van der Waals surface area contributed by atoms with Gasteiger partial charge in [0, 0.05) is 19.3 Å². The summed E-state index contributed by atoms with van der Waals surface area (Å²) in [6.07, 6.45) is 69.5. The van der Waals surface area contributed by atoms with E-state index >= 15 is 0 Å². The Hall–Kier alpha value is -1.85. The van der Waals surface area contributed by atoms with Crippen LogP contribution in [0.2, 0.25) is 0 Å². The summed E-state index contributed by atoms with van der Waals surface area (Å²) in [6, 6.07) is 0. The molecule has 0 bridgehead atoms. The fraction of sp³-hybridized carbons (Fsp3) is 0.922. The molecule has 70 heavy (non-hydrogen) atoms. The molecule has 0 aromatic rings. The summed E-state index contributed by atoms with van der Waals surface area (Å²) in [5.74, 6) is -0.842. The normalized spacial score (nSPS) is 12.0. The van der Waals surface area contributed by atoms with E-state index in [1.165, 1.54) is 263 Å². The predicted molar refractivity (Wildman–Crippen MR) is 303 cm³/mol. The van der Waals surface area contributed by atoms with Gasteiger partial charge in [0.05, 0.1) is 0 Å². The molecule has 1 unspecified atom stereocenters. The Bertz CT molecular complexity index is 1090. The monoisotopic (exact) mass is 987 g/mol. The van der Waals surface area contributed by atoms with Gasteiger partial charge in [-0.2, -0.15) is 0 Å². The largest absolute Gasteiger partial charge is 0.462 e. The van der Waals surface area contributed by atoms with Crippen molar-refractivity contribution >= 4 is 17.9 Å². The lowest BCUT2D eigenvalue weighted by atomic mass is 10.0. The quantitative estimate of drug-likeness (QED) is 0.0261. The lowest BCUT2D eigenvalue weighted by molar-refractivity contribution is -0.167. The average Bonchev–Trinajstić information content (AvgIpc) is 3.36. The zero-order valence-corrected chi connectivity index (χ0v) is 47.6. The molecular formula is C64H122O6. The van der Waals surface area contributed by atoms with E-state index in [1.807, 2.05) is 0 Å². The lowest BCUT2D eigenvalue weighted by Crippen LogP contribution is -2.30. The Balaban J connectivity index is 4.12. The minimum absolute atomic E-state index is 0.0645. The molecule has 0 aromatic carbocycles. The first-order chi connectivity index (χ1) is 34.5. The van der Waals surface area contributed by atoms with Gasteiger partial charge in [-0.3, -0.25) is 14.4 Å². The van der Waals surface area contributed by atoms with Crippen LogP contribution in [0.5, 0.6) is 0 Å². The molecule has 1 atom stereocenters. The standard InChI is InChI=1S/C64H122O6/c1-4-7-10-13-16-19-21-23-25-27-29-31-32-34-35-37-39-41-43-45-48-51-54-57-63(66)69-60-61(59-68-62(65)56-53-50-47-18-15-12-9-6-3)70-64(67)58-55-52-49-46-44-42-40-38-36-33-30-28-26-24-22-20-17-14-11-8-5-2/h27,29,61H,4-26,28,30-60H2,1-3H3/b29-27-. The highest BCUT2D eigenvalue weighted by molar-refractivity contribution is 5.71. The van der Waals surface area contributed by atoms with Crippen molar-refractivity contribution in [3.05, 3.63) is 12.2 Å². The van der Waals surface area contributed by atoms with Crippen LogP contribution in [-0.4, -0.2) is 37.2 Å². The first kappa shape index (κ1) is 68.2. The first-order valence-corrected chi connectivity index (χ1v) is 31.7. The summed E-state index contributed by atoms with van der Waals surface area (Å²) >= 11 is 0. The van der Waals surface area contributed by atoms with E-state index < -0.39 is 6.10 Å². The highest BCUT2D eigenvalue weighted by atomic mass is 16.6. The Kier molecular flexibility index (Phi) is 58.1. The molecule has 0 aliphatic carbocycles. The van der Waals surface area contributed by atoms with Crippen LogP contribution in [0.1, 0.15) is 361 Å². The number of carbonyl (C=O) groups is 3. The second-order valence-electron chi connectivity index (χ2n) is 21.7. The zero-order valence-electron chi connectivity index (χ0n) is 47.6. The topological polar surface area (TPSA) is 78.9 Å². The fourth-order valence-corrected chi connectivity index (χ4v) is 9.74. The number of hydrogen-bond acceptors (Lipinski definition) is 6. The van der Waals surface area contributed by atoms with Gasteiger partial charge in [-0.1, -0.05) is 309 Å². The Morgan fingerprint density at radius 2 is 0.471 bits per heavy atom. The molecule has 0 aliphatic rings. The van der Waals surface area contributed by atoms with Crippen LogP contribution < -0.4 is 0 Å². The summed E-state index contributed by atoms with van der Waals surface area (Å²) in [5, 5.41) is 0. The van der Waals surface area contributed by atoms with Crippen LogP contribution >= 0.6 is 0 Å². The number of rotatable bonds is 59. The van der Waals surface area contributed by atoms with E-state index in [9.17, 15) is 14.4 Å². The van der Waals surface area contributed by atoms with Crippen molar-refractivity contribution in [2.45, 2.75) is 367 Å². The predicted octanol–water partition coefficient (Wildman–Crippen LogP) is 21.3. The Morgan fingerprint density at radius 3 is 0.714 bits per heavy atom. The SMILES string of the molecule is CCCCCCCCCC/C=C\CCCCCCCCCCCCCC(=O)OCC(COC(=O)CCCCCCCCCC)OC(=O)CCCCCCCCCCCCCCCCCCCCCCC. The van der Waals surface area contributed by atoms with Crippen LogP contribution in [-0.2, 0) is 28.6 Å². The van der Waals surface area contributed by atoms with Gasteiger partial charge in [0.15, 0.2) is 6.10 Å². The number of carbonyl (C=O) groups excluding carboxylic acids is 3. The zero-order chi connectivity index (χ0) is 50.7. The van der Waals surface area contributed by atoms with Gasteiger partial charge in [-0.15, -0.1) is 0 Å². The van der Waals surface area contributed by atoms with Crippen molar-refractivity contribution < 1.29 is 28.6 Å². The molecular weight excluding hydrogens is 865 g/mol. The summed E-state index contributed by atoms with van der Waals surface area (Å²) < 4.78 is 16.9.